The average molecular weight is 329 g/mol. The fourth-order valence-corrected chi connectivity index (χ4v) is 3.37. The summed E-state index contributed by atoms with van der Waals surface area (Å²) in [5, 5.41) is 2.89. The summed E-state index contributed by atoms with van der Waals surface area (Å²) in [4.78, 5) is 19.0. The Labute approximate surface area is 147 Å². The predicted octanol–water partition coefficient (Wildman–Crippen LogP) is 4.42. The minimum absolute atomic E-state index is 0.201. The maximum absolute atomic E-state index is 12.5. The third-order valence-electron chi connectivity index (χ3n) is 4.49. The summed E-state index contributed by atoms with van der Waals surface area (Å²) in [5.41, 5.74) is 4.71. The molecule has 0 saturated heterocycles. The maximum Gasteiger partial charge on any atom is 0.274 e. The minimum atomic E-state index is -0.201. The molecule has 1 N–H and O–H groups in total. The highest BCUT2D eigenvalue weighted by molar-refractivity contribution is 6.03. The summed E-state index contributed by atoms with van der Waals surface area (Å²) in [6.07, 6.45) is 2.70. The van der Waals surface area contributed by atoms with Gasteiger partial charge >= 0.3 is 0 Å². The Morgan fingerprint density at radius 2 is 1.84 bits per heavy atom. The molecule has 4 rings (SSSR count). The molecule has 4 heteroatoms. The first-order valence-corrected chi connectivity index (χ1v) is 8.42. The van der Waals surface area contributed by atoms with Crippen molar-refractivity contribution in [1.29, 1.82) is 0 Å². The van der Waals surface area contributed by atoms with Gasteiger partial charge in [-0.2, -0.15) is 0 Å². The van der Waals surface area contributed by atoms with Gasteiger partial charge < -0.3 is 10.2 Å². The van der Waals surface area contributed by atoms with Gasteiger partial charge in [-0.15, -0.1) is 0 Å². The Kier molecular flexibility index (Phi) is 3.94. The summed E-state index contributed by atoms with van der Waals surface area (Å²) >= 11 is 0. The van der Waals surface area contributed by atoms with Crippen LogP contribution in [0.25, 0.3) is 0 Å². The first kappa shape index (κ1) is 15.4. The molecule has 0 spiro atoms. The van der Waals surface area contributed by atoms with Gasteiger partial charge in [0.2, 0.25) is 0 Å². The molecule has 1 amide bonds. The van der Waals surface area contributed by atoms with Crippen molar-refractivity contribution in [3.63, 3.8) is 0 Å². The molecule has 1 aromatic heterocycles. The van der Waals surface area contributed by atoms with Crippen LogP contribution < -0.4 is 10.2 Å². The molecular formula is C21H19N3O. The van der Waals surface area contributed by atoms with Crippen LogP contribution in [0, 0.1) is 0 Å². The summed E-state index contributed by atoms with van der Waals surface area (Å²) in [6.45, 7) is 2.20. The molecule has 1 atom stereocenters. The van der Waals surface area contributed by atoms with Crippen molar-refractivity contribution < 1.29 is 4.79 Å². The number of hydrogen-bond acceptors (Lipinski definition) is 3. The smallest absolute Gasteiger partial charge is 0.274 e. The van der Waals surface area contributed by atoms with Gasteiger partial charge in [0, 0.05) is 29.3 Å². The van der Waals surface area contributed by atoms with E-state index in [4.69, 9.17) is 0 Å². The second kappa shape index (κ2) is 6.40. The number of pyridine rings is 1. The number of carbonyl (C=O) groups excluding carboxylic acids is 1. The highest BCUT2D eigenvalue weighted by Gasteiger charge is 2.27. The number of nitrogens with zero attached hydrogens (tertiary/aromatic N) is 2. The van der Waals surface area contributed by atoms with E-state index in [0.29, 0.717) is 11.7 Å². The summed E-state index contributed by atoms with van der Waals surface area (Å²) in [5.74, 6) is -0.201. The number of amides is 1. The lowest BCUT2D eigenvalue weighted by Crippen LogP contribution is -2.24. The van der Waals surface area contributed by atoms with Crippen molar-refractivity contribution in [1.82, 2.24) is 4.98 Å². The molecule has 4 nitrogen and oxygen atoms in total. The number of aromatic nitrogens is 1. The van der Waals surface area contributed by atoms with Crippen molar-refractivity contribution in [3.05, 3.63) is 84.2 Å². The van der Waals surface area contributed by atoms with E-state index < -0.39 is 0 Å². The van der Waals surface area contributed by atoms with E-state index in [0.717, 1.165) is 17.8 Å². The number of rotatable bonds is 3. The Morgan fingerprint density at radius 1 is 1.08 bits per heavy atom. The molecule has 0 aliphatic carbocycles. The molecule has 0 bridgehead atoms. The Morgan fingerprint density at radius 3 is 2.68 bits per heavy atom. The molecule has 2 heterocycles. The van der Waals surface area contributed by atoms with Gasteiger partial charge in [0.1, 0.15) is 5.69 Å². The predicted molar refractivity (Wildman–Crippen MR) is 100 cm³/mol. The van der Waals surface area contributed by atoms with Crippen molar-refractivity contribution in [2.24, 2.45) is 0 Å². The fourth-order valence-electron chi connectivity index (χ4n) is 3.37. The number of carbonyl (C=O) groups is 1. The molecule has 0 saturated carbocycles. The van der Waals surface area contributed by atoms with Crippen LogP contribution in [0.3, 0.4) is 0 Å². The van der Waals surface area contributed by atoms with Crippen LogP contribution in [0.15, 0.2) is 72.9 Å². The van der Waals surface area contributed by atoms with Crippen molar-refractivity contribution in [2.45, 2.75) is 19.4 Å². The van der Waals surface area contributed by atoms with Gasteiger partial charge in [-0.25, -0.2) is 0 Å². The van der Waals surface area contributed by atoms with Gasteiger partial charge in [-0.3, -0.25) is 9.78 Å². The lowest BCUT2D eigenvalue weighted by Gasteiger charge is -2.25. The highest BCUT2D eigenvalue weighted by atomic mass is 16.1. The normalized spacial score (nSPS) is 15.7. The van der Waals surface area contributed by atoms with E-state index in [1.807, 2.05) is 48.5 Å². The van der Waals surface area contributed by atoms with E-state index in [2.05, 4.69) is 40.3 Å². The van der Waals surface area contributed by atoms with Gasteiger partial charge in [0.25, 0.3) is 5.91 Å². The summed E-state index contributed by atoms with van der Waals surface area (Å²) in [6, 6.07) is 22.0. The zero-order valence-electron chi connectivity index (χ0n) is 14.0. The second-order valence-electron chi connectivity index (χ2n) is 6.27. The SMILES string of the molecule is CC1Cc2ccccc2N1c1ccnc(C(=O)Nc2ccccc2)c1. The quantitative estimate of drug-likeness (QED) is 0.774. The second-order valence-corrected chi connectivity index (χ2v) is 6.27. The number of para-hydroxylation sites is 2. The summed E-state index contributed by atoms with van der Waals surface area (Å²) in [7, 11) is 0. The zero-order valence-corrected chi connectivity index (χ0v) is 14.0. The number of nitrogens with one attached hydrogen (secondary N) is 1. The molecule has 25 heavy (non-hydrogen) atoms. The Hall–Kier alpha value is -3.14. The van der Waals surface area contributed by atoms with Crippen molar-refractivity contribution in [3.8, 4) is 0 Å². The standard InChI is InChI=1S/C21H19N3O/c1-15-13-16-7-5-6-10-20(16)24(15)18-11-12-22-19(14-18)21(25)23-17-8-3-2-4-9-17/h2-12,14-15H,13H2,1H3,(H,23,25). The van der Waals surface area contributed by atoms with Gasteiger partial charge in [-0.05, 0) is 49.2 Å². The van der Waals surface area contributed by atoms with Crippen molar-refractivity contribution in [2.75, 3.05) is 10.2 Å². The van der Waals surface area contributed by atoms with E-state index in [-0.39, 0.29) is 5.91 Å². The number of benzene rings is 2. The molecule has 1 aliphatic rings. The maximum atomic E-state index is 12.5. The molecule has 0 fully saturated rings. The Bertz CT molecular complexity index is 908. The van der Waals surface area contributed by atoms with Crippen LogP contribution in [-0.2, 0) is 6.42 Å². The summed E-state index contributed by atoms with van der Waals surface area (Å²) < 4.78 is 0. The third-order valence-corrected chi connectivity index (χ3v) is 4.49. The lowest BCUT2D eigenvalue weighted by molar-refractivity contribution is 0.102. The average Bonchev–Trinajstić information content (AvgIpc) is 2.98. The van der Waals surface area contributed by atoms with E-state index in [1.54, 1.807) is 6.20 Å². The van der Waals surface area contributed by atoms with Gasteiger partial charge in [0.15, 0.2) is 0 Å². The molecule has 3 aromatic rings. The molecule has 1 unspecified atom stereocenters. The van der Waals surface area contributed by atoms with Crippen LogP contribution in [-0.4, -0.2) is 16.9 Å². The molecule has 1 aliphatic heterocycles. The van der Waals surface area contributed by atoms with Crippen LogP contribution in [0.4, 0.5) is 17.1 Å². The topological polar surface area (TPSA) is 45.2 Å². The van der Waals surface area contributed by atoms with Gasteiger partial charge in [-0.1, -0.05) is 36.4 Å². The molecular weight excluding hydrogens is 310 g/mol. The van der Waals surface area contributed by atoms with Crippen LogP contribution in [0.1, 0.15) is 23.0 Å². The minimum Gasteiger partial charge on any atom is -0.338 e. The molecule has 2 aromatic carbocycles. The zero-order chi connectivity index (χ0) is 17.2. The monoisotopic (exact) mass is 329 g/mol. The largest absolute Gasteiger partial charge is 0.338 e. The third kappa shape index (κ3) is 2.98. The fraction of sp³-hybridized carbons (Fsp3) is 0.143. The molecule has 0 radical (unpaired) electrons. The van der Waals surface area contributed by atoms with E-state index >= 15 is 0 Å². The van der Waals surface area contributed by atoms with Gasteiger partial charge in [0.05, 0.1) is 0 Å². The Balaban J connectivity index is 1.63. The first-order chi connectivity index (χ1) is 12.2. The van der Waals surface area contributed by atoms with E-state index in [1.165, 1.54) is 11.3 Å². The van der Waals surface area contributed by atoms with Crippen LogP contribution >= 0.6 is 0 Å². The first-order valence-electron chi connectivity index (χ1n) is 8.42. The number of anilines is 3. The van der Waals surface area contributed by atoms with E-state index in [9.17, 15) is 4.79 Å². The van der Waals surface area contributed by atoms with Crippen molar-refractivity contribution >= 4 is 23.0 Å². The lowest BCUT2D eigenvalue weighted by atomic mass is 10.1. The molecule has 124 valence electrons. The highest BCUT2D eigenvalue weighted by Crippen LogP contribution is 2.37. The van der Waals surface area contributed by atoms with Crippen LogP contribution in [0.2, 0.25) is 0 Å². The number of fused-ring (bicyclic) bond motifs is 1. The van der Waals surface area contributed by atoms with Crippen LogP contribution in [0.5, 0.6) is 0 Å². The number of hydrogen-bond donors (Lipinski definition) is 1.